The Hall–Kier alpha value is -2.74. The molecule has 140 valence electrons. The Labute approximate surface area is 159 Å². The van der Waals surface area contributed by atoms with E-state index >= 15 is 0 Å². The van der Waals surface area contributed by atoms with Gasteiger partial charge in [-0.2, -0.15) is 0 Å². The highest BCUT2D eigenvalue weighted by Crippen LogP contribution is 2.33. The summed E-state index contributed by atoms with van der Waals surface area (Å²) in [6.07, 6.45) is 3.42. The second-order valence-electron chi connectivity index (χ2n) is 6.49. The van der Waals surface area contributed by atoms with Gasteiger partial charge in [0.15, 0.2) is 0 Å². The second-order valence-corrected chi connectivity index (χ2v) is 7.56. The van der Waals surface area contributed by atoms with Crippen LogP contribution in [0.15, 0.2) is 36.5 Å². The number of carbonyl (C=O) groups is 1. The molecule has 0 unspecified atom stereocenters. The molecule has 3 aromatic rings. The van der Waals surface area contributed by atoms with Crippen molar-refractivity contribution in [3.63, 3.8) is 0 Å². The van der Waals surface area contributed by atoms with Crippen molar-refractivity contribution in [3.8, 4) is 11.1 Å². The summed E-state index contributed by atoms with van der Waals surface area (Å²) in [6.45, 7) is 1.98. The van der Waals surface area contributed by atoms with Crippen LogP contribution < -0.4 is 14.8 Å². The molecule has 2 heterocycles. The van der Waals surface area contributed by atoms with Gasteiger partial charge < -0.3 is 9.93 Å². The zero-order valence-electron chi connectivity index (χ0n) is 14.8. The minimum absolute atomic E-state index is 0.00616. The SMILES string of the molecule is CCSNc1ccc(-c2cc(NC(=O)C3CC3)[n+](O)c3[nH]ccc23)cc1F. The highest BCUT2D eigenvalue weighted by atomic mass is 32.2. The van der Waals surface area contributed by atoms with Gasteiger partial charge in [0.25, 0.3) is 17.4 Å². The number of halogens is 1. The zero-order valence-corrected chi connectivity index (χ0v) is 15.6. The van der Waals surface area contributed by atoms with Gasteiger partial charge in [-0.25, -0.2) is 9.71 Å². The number of nitrogens with zero attached hydrogens (tertiary/aromatic N) is 1. The Morgan fingerprint density at radius 1 is 1.37 bits per heavy atom. The molecular weight excluding hydrogens is 367 g/mol. The first-order chi connectivity index (χ1) is 13.1. The highest BCUT2D eigenvalue weighted by Gasteiger charge is 2.33. The first-order valence-electron chi connectivity index (χ1n) is 8.82. The average Bonchev–Trinajstić information content (AvgIpc) is 3.40. The summed E-state index contributed by atoms with van der Waals surface area (Å²) in [5.74, 6) is 0.607. The van der Waals surface area contributed by atoms with Gasteiger partial charge in [-0.05, 0) is 36.6 Å². The smallest absolute Gasteiger partial charge is 0.283 e. The lowest BCUT2D eigenvalue weighted by Gasteiger charge is -2.10. The van der Waals surface area contributed by atoms with Crippen LogP contribution in [0.5, 0.6) is 0 Å². The van der Waals surface area contributed by atoms with Crippen molar-refractivity contribution < 1.29 is 19.1 Å². The quantitative estimate of drug-likeness (QED) is 0.294. The lowest BCUT2D eigenvalue weighted by molar-refractivity contribution is -0.874. The topological polar surface area (TPSA) is 81.0 Å². The summed E-state index contributed by atoms with van der Waals surface area (Å²) in [4.78, 5) is 15.1. The molecule has 8 heteroatoms. The Morgan fingerprint density at radius 3 is 2.89 bits per heavy atom. The van der Waals surface area contributed by atoms with Gasteiger partial charge in [-0.15, -0.1) is 0 Å². The number of rotatable bonds is 6. The van der Waals surface area contributed by atoms with E-state index in [0.29, 0.717) is 16.9 Å². The van der Waals surface area contributed by atoms with Gasteiger partial charge >= 0.3 is 0 Å². The number of anilines is 2. The summed E-state index contributed by atoms with van der Waals surface area (Å²) in [7, 11) is 0. The first kappa shape index (κ1) is 17.7. The van der Waals surface area contributed by atoms with E-state index in [1.54, 1.807) is 24.4 Å². The molecule has 0 saturated heterocycles. The molecule has 1 aromatic carbocycles. The number of fused-ring (bicyclic) bond motifs is 1. The summed E-state index contributed by atoms with van der Waals surface area (Å²) in [5.41, 5.74) is 2.23. The molecule has 0 spiro atoms. The third-order valence-electron chi connectivity index (χ3n) is 4.54. The Kier molecular flexibility index (Phi) is 4.65. The van der Waals surface area contributed by atoms with Gasteiger partial charge in [0.05, 0.1) is 23.2 Å². The van der Waals surface area contributed by atoms with Crippen molar-refractivity contribution >= 4 is 40.4 Å². The molecule has 4 rings (SSSR count). The van der Waals surface area contributed by atoms with E-state index < -0.39 is 0 Å². The second kappa shape index (κ2) is 7.11. The van der Waals surface area contributed by atoms with Gasteiger partial charge in [-0.3, -0.25) is 9.78 Å². The van der Waals surface area contributed by atoms with Gasteiger partial charge in [0.1, 0.15) is 5.82 Å². The van der Waals surface area contributed by atoms with Gasteiger partial charge in [-0.1, -0.05) is 29.7 Å². The molecular formula is C19H20FN4O2S+. The fourth-order valence-electron chi connectivity index (χ4n) is 2.97. The summed E-state index contributed by atoms with van der Waals surface area (Å²) < 4.78 is 18.4. The highest BCUT2D eigenvalue weighted by molar-refractivity contribution is 8.00. The molecule has 1 aliphatic rings. The van der Waals surface area contributed by atoms with E-state index in [1.165, 1.54) is 18.0 Å². The maximum Gasteiger partial charge on any atom is 0.283 e. The molecule has 0 aliphatic heterocycles. The average molecular weight is 387 g/mol. The fourth-order valence-corrected chi connectivity index (χ4v) is 3.43. The number of benzene rings is 1. The predicted octanol–water partition coefficient (Wildman–Crippen LogP) is 3.93. The van der Waals surface area contributed by atoms with Crippen LogP contribution in [-0.4, -0.2) is 21.9 Å². The van der Waals surface area contributed by atoms with Gasteiger partial charge in [0.2, 0.25) is 0 Å². The minimum atomic E-state index is -0.360. The number of aromatic nitrogens is 2. The number of nitrogens with one attached hydrogen (secondary N) is 3. The van der Waals surface area contributed by atoms with Gasteiger partial charge in [0, 0.05) is 17.4 Å². The van der Waals surface area contributed by atoms with E-state index in [2.05, 4.69) is 15.0 Å². The lowest BCUT2D eigenvalue weighted by atomic mass is 10.0. The molecule has 0 bridgehead atoms. The molecule has 1 saturated carbocycles. The summed E-state index contributed by atoms with van der Waals surface area (Å²) >= 11 is 1.42. The first-order valence-corrected chi connectivity index (χ1v) is 9.81. The van der Waals surface area contributed by atoms with Crippen LogP contribution in [-0.2, 0) is 4.79 Å². The molecule has 1 amide bonds. The standard InChI is InChI=1S/C19H19FN4O2S/c1-2-27-23-16-6-5-12(9-15(16)20)14-10-17(22-19(25)11-3-4-11)24(26)18-13(14)7-8-21-18/h5-11,26H,2-4H2,1H3,(H2,21,22,23,25)/p+1. The Bertz CT molecular complexity index is 1020. The lowest BCUT2D eigenvalue weighted by Crippen LogP contribution is -2.37. The Balaban J connectivity index is 1.76. The molecule has 27 heavy (non-hydrogen) atoms. The monoisotopic (exact) mass is 387 g/mol. The number of hydrogen-bond acceptors (Lipinski definition) is 4. The van der Waals surface area contributed by atoms with Crippen LogP contribution in [0, 0.1) is 11.7 Å². The molecule has 1 aliphatic carbocycles. The van der Waals surface area contributed by atoms with Crippen LogP contribution in [0.3, 0.4) is 0 Å². The largest absolute Gasteiger partial charge is 0.371 e. The number of amides is 1. The Morgan fingerprint density at radius 2 is 2.19 bits per heavy atom. The van der Waals surface area contributed by atoms with E-state index in [0.717, 1.165) is 34.3 Å². The third kappa shape index (κ3) is 3.44. The van der Waals surface area contributed by atoms with Crippen molar-refractivity contribution in [2.24, 2.45) is 5.92 Å². The van der Waals surface area contributed by atoms with E-state index in [1.807, 2.05) is 13.0 Å². The van der Waals surface area contributed by atoms with Crippen molar-refractivity contribution in [1.82, 2.24) is 4.98 Å². The van der Waals surface area contributed by atoms with Crippen LogP contribution in [0.2, 0.25) is 0 Å². The third-order valence-corrected chi connectivity index (χ3v) is 5.20. The maximum atomic E-state index is 14.5. The van der Waals surface area contributed by atoms with E-state index in [-0.39, 0.29) is 23.5 Å². The number of aromatic amines is 1. The number of H-pyrrole nitrogens is 1. The van der Waals surface area contributed by atoms with Crippen molar-refractivity contribution in [1.29, 1.82) is 0 Å². The number of pyridine rings is 1. The van der Waals surface area contributed by atoms with Crippen LogP contribution >= 0.6 is 11.9 Å². The predicted molar refractivity (Wildman–Crippen MR) is 104 cm³/mol. The van der Waals surface area contributed by atoms with E-state index in [4.69, 9.17) is 0 Å². The zero-order chi connectivity index (χ0) is 19.0. The summed E-state index contributed by atoms with van der Waals surface area (Å²) in [5, 5.41) is 13.9. The van der Waals surface area contributed by atoms with E-state index in [9.17, 15) is 14.4 Å². The van der Waals surface area contributed by atoms with Crippen molar-refractivity contribution in [3.05, 3.63) is 42.3 Å². The molecule has 6 nitrogen and oxygen atoms in total. The number of carbonyl (C=O) groups excluding carboxylic acids is 1. The van der Waals surface area contributed by atoms with Crippen LogP contribution in [0.25, 0.3) is 22.2 Å². The molecule has 1 fully saturated rings. The fraction of sp³-hybridized carbons (Fsp3) is 0.263. The molecule has 2 aromatic heterocycles. The molecule has 0 radical (unpaired) electrons. The van der Waals surface area contributed by atoms with Crippen molar-refractivity contribution in [2.45, 2.75) is 19.8 Å². The number of hydrogen-bond donors (Lipinski definition) is 4. The normalized spacial score (nSPS) is 13.7. The molecule has 0 atom stereocenters. The summed E-state index contributed by atoms with van der Waals surface area (Å²) in [6, 6.07) is 8.43. The maximum absolute atomic E-state index is 14.5. The van der Waals surface area contributed by atoms with Crippen molar-refractivity contribution in [2.75, 3.05) is 15.8 Å². The van der Waals surface area contributed by atoms with Crippen LogP contribution in [0.1, 0.15) is 19.8 Å². The van der Waals surface area contributed by atoms with Crippen LogP contribution in [0.4, 0.5) is 15.9 Å². The minimum Gasteiger partial charge on any atom is -0.371 e. The molecule has 4 N–H and O–H groups in total.